The third-order valence-electron chi connectivity index (χ3n) is 3.54. The minimum Gasteiger partial charge on any atom is -0.390 e. The van der Waals surface area contributed by atoms with Crippen LogP contribution in [0.15, 0.2) is 30.3 Å². The van der Waals surface area contributed by atoms with Crippen molar-refractivity contribution >= 4 is 0 Å². The van der Waals surface area contributed by atoms with E-state index in [9.17, 15) is 5.11 Å². The fraction of sp³-hybridized carbons (Fsp3) is 0.625. The van der Waals surface area contributed by atoms with Crippen LogP contribution in [0.5, 0.6) is 0 Å². The lowest BCUT2D eigenvalue weighted by atomic mass is 10.0. The summed E-state index contributed by atoms with van der Waals surface area (Å²) >= 11 is 0. The molecule has 0 amide bonds. The molecule has 20 heavy (non-hydrogen) atoms. The molecular formula is C16H28N2O2. The van der Waals surface area contributed by atoms with E-state index < -0.39 is 6.10 Å². The Hall–Kier alpha value is -0.940. The smallest absolute Gasteiger partial charge is 0.0821 e. The van der Waals surface area contributed by atoms with Crippen molar-refractivity contribution in [3.05, 3.63) is 35.9 Å². The first-order valence-corrected chi connectivity index (χ1v) is 7.25. The molecular weight excluding hydrogens is 252 g/mol. The van der Waals surface area contributed by atoms with Gasteiger partial charge in [0.2, 0.25) is 0 Å². The number of nitrogens with two attached hydrogens (primary N) is 1. The average molecular weight is 280 g/mol. The minimum atomic E-state index is -0.533. The highest BCUT2D eigenvalue weighted by Gasteiger charge is 2.20. The van der Waals surface area contributed by atoms with Gasteiger partial charge in [0, 0.05) is 32.3 Å². The monoisotopic (exact) mass is 280 g/mol. The number of methoxy groups -OCH3 is 1. The molecule has 4 nitrogen and oxygen atoms in total. The summed E-state index contributed by atoms with van der Waals surface area (Å²) < 4.78 is 5.11. The van der Waals surface area contributed by atoms with Crippen molar-refractivity contribution < 1.29 is 9.84 Å². The van der Waals surface area contributed by atoms with Crippen LogP contribution in [-0.2, 0) is 11.2 Å². The molecule has 0 aliphatic carbocycles. The predicted octanol–water partition coefficient (Wildman–Crippen LogP) is 1.27. The first-order valence-electron chi connectivity index (χ1n) is 7.25. The Kier molecular flexibility index (Phi) is 7.77. The molecule has 2 unspecified atom stereocenters. The molecule has 0 aliphatic rings. The Morgan fingerprint density at radius 1 is 1.25 bits per heavy atom. The molecule has 0 saturated heterocycles. The van der Waals surface area contributed by atoms with Crippen molar-refractivity contribution in [2.24, 2.45) is 5.73 Å². The Morgan fingerprint density at radius 2 is 1.90 bits per heavy atom. The average Bonchev–Trinajstić information content (AvgIpc) is 2.43. The molecule has 0 saturated carbocycles. The number of ether oxygens (including phenoxy) is 1. The number of nitrogens with zero attached hydrogens (tertiary/aromatic N) is 1. The first-order chi connectivity index (χ1) is 9.54. The highest BCUT2D eigenvalue weighted by atomic mass is 16.5. The molecule has 1 rings (SSSR count). The maximum absolute atomic E-state index is 10.3. The van der Waals surface area contributed by atoms with Crippen LogP contribution in [0, 0.1) is 0 Å². The van der Waals surface area contributed by atoms with Crippen molar-refractivity contribution in [2.75, 3.05) is 26.8 Å². The molecule has 1 aromatic rings. The Morgan fingerprint density at radius 3 is 2.45 bits per heavy atom. The molecule has 1 aromatic carbocycles. The summed E-state index contributed by atoms with van der Waals surface area (Å²) in [6.45, 7) is 6.29. The summed E-state index contributed by atoms with van der Waals surface area (Å²) in [5, 5.41) is 10.3. The standard InChI is InChI=1S/C16H28N2O2/c1-13(2)18(9-10-20-3)12-16(19)15(17)11-14-7-5-4-6-8-14/h4-8,13,15-16,19H,9-12,17H2,1-3H3. The maximum atomic E-state index is 10.3. The van der Waals surface area contributed by atoms with E-state index in [1.165, 1.54) is 0 Å². The molecule has 2 atom stereocenters. The number of hydrogen-bond donors (Lipinski definition) is 2. The number of aliphatic hydroxyl groups excluding tert-OH is 1. The zero-order valence-corrected chi connectivity index (χ0v) is 12.8. The van der Waals surface area contributed by atoms with E-state index in [2.05, 4.69) is 18.7 Å². The van der Waals surface area contributed by atoms with Crippen LogP contribution in [-0.4, -0.2) is 55.0 Å². The van der Waals surface area contributed by atoms with E-state index in [4.69, 9.17) is 10.5 Å². The van der Waals surface area contributed by atoms with E-state index in [0.29, 0.717) is 25.6 Å². The lowest BCUT2D eigenvalue weighted by molar-refractivity contribution is 0.0593. The van der Waals surface area contributed by atoms with Gasteiger partial charge in [-0.05, 0) is 25.8 Å². The molecule has 4 heteroatoms. The third-order valence-corrected chi connectivity index (χ3v) is 3.54. The molecule has 0 aliphatic heterocycles. The van der Waals surface area contributed by atoms with E-state index in [1.54, 1.807) is 7.11 Å². The quantitative estimate of drug-likeness (QED) is 0.715. The van der Waals surface area contributed by atoms with Crippen LogP contribution in [0.3, 0.4) is 0 Å². The van der Waals surface area contributed by atoms with Gasteiger partial charge in [-0.25, -0.2) is 0 Å². The largest absolute Gasteiger partial charge is 0.390 e. The predicted molar refractivity (Wildman–Crippen MR) is 82.7 cm³/mol. The summed E-state index contributed by atoms with van der Waals surface area (Å²) in [5.41, 5.74) is 7.28. The normalized spacial score (nSPS) is 14.8. The van der Waals surface area contributed by atoms with Crippen LogP contribution in [0.25, 0.3) is 0 Å². The van der Waals surface area contributed by atoms with Gasteiger partial charge in [0.1, 0.15) is 0 Å². The maximum Gasteiger partial charge on any atom is 0.0821 e. The van der Waals surface area contributed by atoms with Crippen molar-refractivity contribution in [1.29, 1.82) is 0 Å². The Balaban J connectivity index is 2.48. The van der Waals surface area contributed by atoms with E-state index in [0.717, 1.165) is 12.1 Å². The molecule has 3 N–H and O–H groups in total. The summed E-state index contributed by atoms with van der Waals surface area (Å²) in [7, 11) is 1.69. The van der Waals surface area contributed by atoms with Gasteiger partial charge < -0.3 is 15.6 Å². The molecule has 0 fully saturated rings. The van der Waals surface area contributed by atoms with Crippen LogP contribution in [0.2, 0.25) is 0 Å². The molecule has 114 valence electrons. The Labute approximate surface area is 122 Å². The fourth-order valence-electron chi connectivity index (χ4n) is 2.17. The van der Waals surface area contributed by atoms with E-state index in [1.807, 2.05) is 30.3 Å². The van der Waals surface area contributed by atoms with Gasteiger partial charge in [-0.15, -0.1) is 0 Å². The van der Waals surface area contributed by atoms with E-state index in [-0.39, 0.29) is 6.04 Å². The van der Waals surface area contributed by atoms with Gasteiger partial charge in [-0.2, -0.15) is 0 Å². The molecule has 0 bridgehead atoms. The van der Waals surface area contributed by atoms with Gasteiger partial charge in [-0.3, -0.25) is 4.90 Å². The zero-order chi connectivity index (χ0) is 15.0. The summed E-state index contributed by atoms with van der Waals surface area (Å²) in [5.74, 6) is 0. The molecule has 0 aromatic heterocycles. The lowest BCUT2D eigenvalue weighted by Gasteiger charge is -2.30. The lowest BCUT2D eigenvalue weighted by Crippen LogP contribution is -2.47. The van der Waals surface area contributed by atoms with Crippen molar-refractivity contribution in [2.45, 2.75) is 38.5 Å². The van der Waals surface area contributed by atoms with Crippen LogP contribution >= 0.6 is 0 Å². The van der Waals surface area contributed by atoms with Crippen LogP contribution in [0.1, 0.15) is 19.4 Å². The SMILES string of the molecule is COCCN(CC(O)C(N)Cc1ccccc1)C(C)C. The highest BCUT2D eigenvalue weighted by molar-refractivity contribution is 5.16. The van der Waals surface area contributed by atoms with Crippen LogP contribution < -0.4 is 5.73 Å². The fourth-order valence-corrected chi connectivity index (χ4v) is 2.17. The highest BCUT2D eigenvalue weighted by Crippen LogP contribution is 2.07. The van der Waals surface area contributed by atoms with Crippen molar-refractivity contribution in [3.63, 3.8) is 0 Å². The van der Waals surface area contributed by atoms with Gasteiger partial charge in [0.25, 0.3) is 0 Å². The second-order valence-corrected chi connectivity index (χ2v) is 5.50. The minimum absolute atomic E-state index is 0.249. The van der Waals surface area contributed by atoms with Gasteiger partial charge >= 0.3 is 0 Å². The summed E-state index contributed by atoms with van der Waals surface area (Å²) in [6, 6.07) is 10.2. The van der Waals surface area contributed by atoms with Gasteiger partial charge in [0.05, 0.1) is 12.7 Å². The number of benzene rings is 1. The molecule has 0 heterocycles. The van der Waals surface area contributed by atoms with Gasteiger partial charge in [0.15, 0.2) is 0 Å². The van der Waals surface area contributed by atoms with Gasteiger partial charge in [-0.1, -0.05) is 30.3 Å². The van der Waals surface area contributed by atoms with Crippen molar-refractivity contribution in [1.82, 2.24) is 4.90 Å². The van der Waals surface area contributed by atoms with E-state index >= 15 is 0 Å². The number of aliphatic hydroxyl groups is 1. The third kappa shape index (κ3) is 6.01. The first kappa shape index (κ1) is 17.1. The summed E-state index contributed by atoms with van der Waals surface area (Å²) in [4.78, 5) is 2.19. The summed E-state index contributed by atoms with van der Waals surface area (Å²) in [6.07, 6.45) is 0.160. The zero-order valence-electron chi connectivity index (χ0n) is 12.8. The molecule has 0 spiro atoms. The Bertz CT molecular complexity index is 357. The topological polar surface area (TPSA) is 58.7 Å². The molecule has 0 radical (unpaired) electrons. The number of rotatable bonds is 9. The second-order valence-electron chi connectivity index (χ2n) is 5.50. The number of hydrogen-bond acceptors (Lipinski definition) is 4. The van der Waals surface area contributed by atoms with Crippen LogP contribution in [0.4, 0.5) is 0 Å². The van der Waals surface area contributed by atoms with Crippen molar-refractivity contribution in [3.8, 4) is 0 Å². The second kappa shape index (κ2) is 9.08.